The zero-order valence-electron chi connectivity index (χ0n) is 52.9. The lowest BCUT2D eigenvalue weighted by molar-refractivity contribution is -0.167. The van der Waals surface area contributed by atoms with Gasteiger partial charge in [-0.05, 0) is 83.5 Å². The van der Waals surface area contributed by atoms with Crippen LogP contribution in [0.4, 0.5) is 0 Å². The first kappa shape index (κ1) is 76.1. The fraction of sp³-hybridized carbons (Fsp3) is 0.822. The Morgan fingerprint density at radius 1 is 0.266 bits per heavy atom. The minimum Gasteiger partial charge on any atom is -0.462 e. The Bertz CT molecular complexity index is 1410. The smallest absolute Gasteiger partial charge is 0.306 e. The van der Waals surface area contributed by atoms with Gasteiger partial charge in [0.25, 0.3) is 0 Å². The van der Waals surface area contributed by atoms with Crippen LogP contribution in [0.5, 0.6) is 0 Å². The van der Waals surface area contributed by atoms with E-state index in [1.165, 1.54) is 225 Å². The molecule has 0 aliphatic carbocycles. The molecule has 0 radical (unpaired) electrons. The minimum atomic E-state index is -0.781. The summed E-state index contributed by atoms with van der Waals surface area (Å²) in [4.78, 5) is 38.4. The fourth-order valence-corrected chi connectivity index (χ4v) is 10.3. The highest BCUT2D eigenvalue weighted by atomic mass is 16.6. The molecule has 0 aromatic carbocycles. The molecule has 0 heterocycles. The summed E-state index contributed by atoms with van der Waals surface area (Å²) in [6.45, 7) is 6.57. The Balaban J connectivity index is 4.29. The Morgan fingerprint density at radius 3 is 0.772 bits per heavy atom. The van der Waals surface area contributed by atoms with E-state index >= 15 is 0 Å². The van der Waals surface area contributed by atoms with E-state index in [2.05, 4.69) is 81.5 Å². The molecule has 460 valence electrons. The lowest BCUT2D eigenvalue weighted by atomic mass is 10.0. The Kier molecular flexibility index (Phi) is 65.1. The summed E-state index contributed by atoms with van der Waals surface area (Å²) >= 11 is 0. The third kappa shape index (κ3) is 65.8. The lowest BCUT2D eigenvalue weighted by Crippen LogP contribution is -2.30. The molecule has 0 aromatic heterocycles. The van der Waals surface area contributed by atoms with Gasteiger partial charge in [-0.2, -0.15) is 0 Å². The third-order valence-electron chi connectivity index (χ3n) is 15.5. The number of rotatable bonds is 64. The molecule has 0 spiro atoms. The van der Waals surface area contributed by atoms with E-state index in [0.29, 0.717) is 19.3 Å². The molecule has 0 rings (SSSR count). The van der Waals surface area contributed by atoms with Crippen molar-refractivity contribution in [2.45, 2.75) is 374 Å². The topological polar surface area (TPSA) is 78.9 Å². The second kappa shape index (κ2) is 67.6. The van der Waals surface area contributed by atoms with Gasteiger partial charge in [0.15, 0.2) is 6.10 Å². The van der Waals surface area contributed by atoms with Gasteiger partial charge in [-0.1, -0.05) is 326 Å². The van der Waals surface area contributed by atoms with Crippen molar-refractivity contribution in [2.24, 2.45) is 0 Å². The van der Waals surface area contributed by atoms with Crippen molar-refractivity contribution < 1.29 is 28.6 Å². The molecule has 6 nitrogen and oxygen atoms in total. The Labute approximate surface area is 491 Å². The summed E-state index contributed by atoms with van der Waals surface area (Å²) in [7, 11) is 0. The summed E-state index contributed by atoms with van der Waals surface area (Å²) in [5, 5.41) is 0. The fourth-order valence-electron chi connectivity index (χ4n) is 10.3. The minimum absolute atomic E-state index is 0.0764. The molecule has 0 aliphatic rings. The van der Waals surface area contributed by atoms with Crippen molar-refractivity contribution in [3.05, 3.63) is 60.8 Å². The standard InChI is InChI=1S/C73H132O6/c1-4-7-10-13-16-19-22-25-28-30-32-34-35-36-37-39-40-42-45-48-51-54-57-60-63-66-72(75)78-69-70(68-77-71(74)65-62-59-56-53-50-47-44-27-24-21-18-15-12-9-6-3)79-73(76)67-64-61-58-55-52-49-46-43-41-38-33-31-29-26-23-20-17-14-11-8-5-2/h9,12,18,21-22,25,27,30,32,44,70H,4-8,10-11,13-17,19-20,23-24,26,28-29,31,33-43,45-69H2,1-3H3/b12-9-,21-18-,25-22-,32-30-,44-27-. The van der Waals surface area contributed by atoms with Crippen LogP contribution in [-0.4, -0.2) is 37.2 Å². The second-order valence-corrected chi connectivity index (χ2v) is 23.4. The van der Waals surface area contributed by atoms with Crippen molar-refractivity contribution in [1.82, 2.24) is 0 Å². The van der Waals surface area contributed by atoms with Gasteiger partial charge < -0.3 is 14.2 Å². The van der Waals surface area contributed by atoms with Crippen molar-refractivity contribution >= 4 is 17.9 Å². The quantitative estimate of drug-likeness (QED) is 0.0261. The molecule has 0 N–H and O–H groups in total. The summed E-state index contributed by atoms with van der Waals surface area (Å²) < 4.78 is 17.0. The van der Waals surface area contributed by atoms with Crippen LogP contribution in [-0.2, 0) is 28.6 Å². The summed E-state index contributed by atoms with van der Waals surface area (Å²) in [6.07, 6.45) is 86.7. The number of ether oxygens (including phenoxy) is 3. The van der Waals surface area contributed by atoms with E-state index < -0.39 is 6.10 Å². The van der Waals surface area contributed by atoms with Crippen LogP contribution < -0.4 is 0 Å². The summed E-state index contributed by atoms with van der Waals surface area (Å²) in [5.74, 6) is -0.871. The normalized spacial score (nSPS) is 12.4. The SMILES string of the molecule is CC/C=C\C/C=C\C/C=C\CCCCCCCC(=O)OCC(COC(=O)CCCCCCCCCCCCCCC/C=C\C/C=C\CCCCCCC)OC(=O)CCCCCCCCCCCCCCCCCCCCCCC. The van der Waals surface area contributed by atoms with E-state index in [1.807, 2.05) is 0 Å². The molecule has 0 bridgehead atoms. The average Bonchev–Trinajstić information content (AvgIpc) is 3.45. The maximum absolute atomic E-state index is 13.0. The molecule has 0 amide bonds. The van der Waals surface area contributed by atoms with Gasteiger partial charge in [-0.25, -0.2) is 0 Å². The predicted molar refractivity (Wildman–Crippen MR) is 344 cm³/mol. The zero-order valence-corrected chi connectivity index (χ0v) is 52.9. The molecule has 0 aromatic rings. The molecule has 0 saturated carbocycles. The van der Waals surface area contributed by atoms with E-state index in [1.54, 1.807) is 0 Å². The van der Waals surface area contributed by atoms with E-state index in [9.17, 15) is 14.4 Å². The highest BCUT2D eigenvalue weighted by molar-refractivity contribution is 5.71. The van der Waals surface area contributed by atoms with E-state index in [0.717, 1.165) is 103 Å². The van der Waals surface area contributed by atoms with Crippen LogP contribution in [0.2, 0.25) is 0 Å². The molecule has 6 heteroatoms. The number of carbonyl (C=O) groups excluding carboxylic acids is 3. The summed E-state index contributed by atoms with van der Waals surface area (Å²) in [5.41, 5.74) is 0. The van der Waals surface area contributed by atoms with Gasteiger partial charge in [0, 0.05) is 19.3 Å². The molecule has 0 saturated heterocycles. The molecule has 1 atom stereocenters. The van der Waals surface area contributed by atoms with Crippen LogP contribution in [0.1, 0.15) is 367 Å². The molecular formula is C73H132O6. The number of hydrogen-bond donors (Lipinski definition) is 0. The average molecular weight is 1110 g/mol. The van der Waals surface area contributed by atoms with E-state index in [-0.39, 0.29) is 31.1 Å². The van der Waals surface area contributed by atoms with Gasteiger partial charge in [0.2, 0.25) is 0 Å². The van der Waals surface area contributed by atoms with Crippen LogP contribution in [0.15, 0.2) is 60.8 Å². The van der Waals surface area contributed by atoms with Gasteiger partial charge >= 0.3 is 17.9 Å². The highest BCUT2D eigenvalue weighted by Gasteiger charge is 2.19. The zero-order chi connectivity index (χ0) is 57.1. The molecule has 1 unspecified atom stereocenters. The van der Waals surface area contributed by atoms with Crippen molar-refractivity contribution in [2.75, 3.05) is 13.2 Å². The maximum Gasteiger partial charge on any atom is 0.306 e. The predicted octanol–water partition coefficient (Wildman–Crippen LogP) is 23.9. The van der Waals surface area contributed by atoms with Crippen molar-refractivity contribution in [3.8, 4) is 0 Å². The summed E-state index contributed by atoms with van der Waals surface area (Å²) in [6, 6.07) is 0. The van der Waals surface area contributed by atoms with Gasteiger partial charge in [0.1, 0.15) is 13.2 Å². The third-order valence-corrected chi connectivity index (χ3v) is 15.5. The van der Waals surface area contributed by atoms with Crippen LogP contribution in [0, 0.1) is 0 Å². The lowest BCUT2D eigenvalue weighted by Gasteiger charge is -2.18. The molecular weight excluding hydrogens is 973 g/mol. The Morgan fingerprint density at radius 2 is 0.494 bits per heavy atom. The van der Waals surface area contributed by atoms with Crippen LogP contribution >= 0.6 is 0 Å². The first-order chi connectivity index (χ1) is 39.0. The number of esters is 3. The number of hydrogen-bond acceptors (Lipinski definition) is 6. The number of unbranched alkanes of at least 4 members (excludes halogenated alkanes) is 43. The van der Waals surface area contributed by atoms with Crippen molar-refractivity contribution in [3.63, 3.8) is 0 Å². The maximum atomic E-state index is 13.0. The highest BCUT2D eigenvalue weighted by Crippen LogP contribution is 2.18. The second-order valence-electron chi connectivity index (χ2n) is 23.4. The number of allylic oxidation sites excluding steroid dienone is 10. The monoisotopic (exact) mass is 1110 g/mol. The first-order valence-electron chi connectivity index (χ1n) is 34.8. The molecule has 0 fully saturated rings. The first-order valence-corrected chi connectivity index (χ1v) is 34.8. The van der Waals surface area contributed by atoms with Gasteiger partial charge in [0.05, 0.1) is 0 Å². The molecule has 0 aliphatic heterocycles. The van der Waals surface area contributed by atoms with Crippen LogP contribution in [0.3, 0.4) is 0 Å². The van der Waals surface area contributed by atoms with Crippen LogP contribution in [0.25, 0.3) is 0 Å². The molecule has 79 heavy (non-hydrogen) atoms. The van der Waals surface area contributed by atoms with Gasteiger partial charge in [-0.3, -0.25) is 14.4 Å². The number of carbonyl (C=O) groups is 3. The van der Waals surface area contributed by atoms with Crippen molar-refractivity contribution in [1.29, 1.82) is 0 Å². The largest absolute Gasteiger partial charge is 0.462 e. The van der Waals surface area contributed by atoms with E-state index in [4.69, 9.17) is 14.2 Å². The Hall–Kier alpha value is -2.89. The van der Waals surface area contributed by atoms with Gasteiger partial charge in [-0.15, -0.1) is 0 Å².